The first kappa shape index (κ1) is 34.7. The molecule has 4 bridgehead atoms. The molecule has 13 heteroatoms. The Morgan fingerprint density at radius 1 is 1.29 bits per heavy atom. The second kappa shape index (κ2) is 13.7. The van der Waals surface area contributed by atoms with E-state index in [0.29, 0.717) is 17.9 Å². The van der Waals surface area contributed by atoms with Crippen molar-refractivity contribution in [3.05, 3.63) is 46.5 Å². The molecule has 1 aromatic carbocycles. The maximum atomic E-state index is 13.8. The Morgan fingerprint density at radius 3 is 2.64 bits per heavy atom. The summed E-state index contributed by atoms with van der Waals surface area (Å²) >= 11 is 6.69. The van der Waals surface area contributed by atoms with Crippen LogP contribution < -0.4 is 20.3 Å². The van der Waals surface area contributed by atoms with Gasteiger partial charge in [-0.25, -0.2) is 4.79 Å². The standard InChI is InChI=1S/C32H44ClN3O9/c1-17-10-9-11-24(42-8)32(40)16-23(43-30(39)35-32)18(2)28-31(4,45-28)25(44-29(38)19(3)34-5)15-26(37)36(6)21-13-20(12-17)14-22(41-7)27(21)33/h9-11,13-14,18-19,23-25,28,34,40H,12,15-16H2,1-8H3,(H,35,39)/b11-9+,17-10+/t18-,19+,23+,24-,25+,28?,31+,32+/m1/s1. The minimum atomic E-state index is -1.78. The fourth-order valence-corrected chi connectivity index (χ4v) is 6.28. The highest BCUT2D eigenvalue weighted by atomic mass is 35.5. The highest BCUT2D eigenvalue weighted by Crippen LogP contribution is 2.49. The third-order valence-corrected chi connectivity index (χ3v) is 9.38. The van der Waals surface area contributed by atoms with Gasteiger partial charge in [0.15, 0.2) is 5.72 Å². The first-order valence-electron chi connectivity index (χ1n) is 14.9. The number of ether oxygens (including phenoxy) is 5. The number of aliphatic hydroxyl groups is 1. The number of likely N-dealkylation sites (N-methyl/N-ethyl adjacent to an activating group) is 1. The fourth-order valence-electron chi connectivity index (χ4n) is 5.97. The van der Waals surface area contributed by atoms with Crippen LogP contribution in [-0.4, -0.2) is 93.2 Å². The molecular formula is C32H44ClN3O9. The van der Waals surface area contributed by atoms with E-state index >= 15 is 0 Å². The molecule has 248 valence electrons. The van der Waals surface area contributed by atoms with E-state index < -0.39 is 59.8 Å². The lowest BCUT2D eigenvalue weighted by atomic mass is 9.83. The number of halogens is 1. The number of benzene rings is 1. The van der Waals surface area contributed by atoms with Crippen molar-refractivity contribution in [2.75, 3.05) is 33.2 Å². The minimum absolute atomic E-state index is 0.00553. The maximum Gasteiger partial charge on any atom is 0.409 e. The summed E-state index contributed by atoms with van der Waals surface area (Å²) in [6, 6.07) is 2.99. The zero-order chi connectivity index (χ0) is 33.3. The van der Waals surface area contributed by atoms with Gasteiger partial charge < -0.3 is 39.0 Å². The molecule has 2 saturated heterocycles. The van der Waals surface area contributed by atoms with Crippen LogP contribution >= 0.6 is 11.6 Å². The second-order valence-electron chi connectivity index (χ2n) is 12.2. The van der Waals surface area contributed by atoms with E-state index in [2.05, 4.69) is 10.6 Å². The highest BCUT2D eigenvalue weighted by molar-refractivity contribution is 6.35. The Hall–Kier alpha value is -3.16. The fraction of sp³-hybridized carbons (Fsp3) is 0.594. The van der Waals surface area contributed by atoms with E-state index in [0.717, 1.165) is 11.1 Å². The molecule has 3 aliphatic heterocycles. The van der Waals surface area contributed by atoms with Crippen molar-refractivity contribution in [1.82, 2.24) is 10.6 Å². The SMILES string of the molecule is CN[C@@H](C)C(=O)O[C@H]1CC(=O)N(C)c2cc(cc(OC)c2Cl)C/C(C)=C/C=C/[C@@H](OC)[C@@]2(O)C[C@H](OC(=O)N2)[C@@H](C)C2O[C@]21C. The van der Waals surface area contributed by atoms with Gasteiger partial charge >= 0.3 is 12.1 Å². The summed E-state index contributed by atoms with van der Waals surface area (Å²) in [6.07, 6.45) is 1.52. The molecule has 45 heavy (non-hydrogen) atoms. The van der Waals surface area contributed by atoms with Gasteiger partial charge in [0.1, 0.15) is 40.7 Å². The highest BCUT2D eigenvalue weighted by Gasteiger charge is 2.64. The molecule has 3 aliphatic rings. The van der Waals surface area contributed by atoms with Crippen molar-refractivity contribution in [2.24, 2.45) is 5.92 Å². The lowest BCUT2D eigenvalue weighted by molar-refractivity contribution is -0.155. The van der Waals surface area contributed by atoms with E-state index in [1.807, 2.05) is 26.0 Å². The van der Waals surface area contributed by atoms with Crippen LogP contribution in [-0.2, 0) is 35.0 Å². The van der Waals surface area contributed by atoms with Gasteiger partial charge in [-0.3, -0.25) is 14.9 Å². The molecule has 2 fully saturated rings. The Morgan fingerprint density at radius 2 is 2.00 bits per heavy atom. The summed E-state index contributed by atoms with van der Waals surface area (Å²) in [4.78, 5) is 40.9. The second-order valence-corrected chi connectivity index (χ2v) is 12.6. The number of nitrogens with one attached hydrogen (secondary N) is 2. The largest absolute Gasteiger partial charge is 0.495 e. The first-order chi connectivity index (χ1) is 21.2. The van der Waals surface area contributed by atoms with Crippen molar-refractivity contribution in [3.63, 3.8) is 0 Å². The minimum Gasteiger partial charge on any atom is -0.495 e. The third-order valence-electron chi connectivity index (χ3n) is 9.00. The zero-order valence-electron chi connectivity index (χ0n) is 27.0. The number of epoxide rings is 1. The number of hydrogen-bond donors (Lipinski definition) is 3. The predicted octanol–water partition coefficient (Wildman–Crippen LogP) is 3.28. The van der Waals surface area contributed by atoms with Crippen LogP contribution in [0.2, 0.25) is 5.02 Å². The van der Waals surface area contributed by atoms with Crippen molar-refractivity contribution in [3.8, 4) is 5.75 Å². The van der Waals surface area contributed by atoms with Gasteiger partial charge in [-0.15, -0.1) is 0 Å². The van der Waals surface area contributed by atoms with Gasteiger partial charge in [0.2, 0.25) is 5.91 Å². The summed E-state index contributed by atoms with van der Waals surface area (Å²) in [5.74, 6) is -0.974. The number of carbonyl (C=O) groups excluding carboxylic acids is 3. The van der Waals surface area contributed by atoms with Crippen LogP contribution in [0.5, 0.6) is 5.75 Å². The number of allylic oxidation sites excluding steroid dienone is 3. The monoisotopic (exact) mass is 649 g/mol. The van der Waals surface area contributed by atoms with E-state index in [9.17, 15) is 19.5 Å². The molecule has 3 heterocycles. The van der Waals surface area contributed by atoms with Crippen LogP contribution in [0, 0.1) is 5.92 Å². The topological polar surface area (TPSA) is 148 Å². The van der Waals surface area contributed by atoms with Crippen LogP contribution in [0.25, 0.3) is 0 Å². The Balaban J connectivity index is 1.80. The molecular weight excluding hydrogens is 606 g/mol. The number of alkyl carbamates (subject to hydrolysis) is 1. The molecule has 0 saturated carbocycles. The van der Waals surface area contributed by atoms with Crippen molar-refractivity contribution < 1.29 is 43.2 Å². The number of hydrogen-bond acceptors (Lipinski definition) is 10. The number of carbonyl (C=O) groups is 3. The van der Waals surface area contributed by atoms with Gasteiger partial charge in [-0.1, -0.05) is 42.3 Å². The number of methoxy groups -OCH3 is 2. The summed E-state index contributed by atoms with van der Waals surface area (Å²) in [5, 5.41) is 17.2. The summed E-state index contributed by atoms with van der Waals surface area (Å²) < 4.78 is 28.8. The summed E-state index contributed by atoms with van der Waals surface area (Å²) in [6.45, 7) is 7.17. The molecule has 1 unspecified atom stereocenters. The molecule has 8 atom stereocenters. The number of rotatable bonds is 5. The number of nitrogens with zero attached hydrogens (tertiary/aromatic N) is 1. The van der Waals surface area contributed by atoms with Crippen LogP contribution in [0.15, 0.2) is 35.9 Å². The number of esters is 1. The molecule has 0 aliphatic carbocycles. The lowest BCUT2D eigenvalue weighted by Crippen LogP contribution is -2.63. The molecule has 1 aromatic rings. The van der Waals surface area contributed by atoms with E-state index in [1.165, 1.54) is 19.1 Å². The van der Waals surface area contributed by atoms with Gasteiger partial charge in [0.05, 0.1) is 25.3 Å². The smallest absolute Gasteiger partial charge is 0.409 e. The van der Waals surface area contributed by atoms with Crippen LogP contribution in [0.1, 0.15) is 46.1 Å². The van der Waals surface area contributed by atoms with Gasteiger partial charge in [0, 0.05) is 26.5 Å². The Bertz CT molecular complexity index is 1370. The molecule has 2 amide bonds. The number of anilines is 1. The Kier molecular flexibility index (Phi) is 10.6. The van der Waals surface area contributed by atoms with E-state index in [-0.39, 0.29) is 23.8 Å². The van der Waals surface area contributed by atoms with Gasteiger partial charge in [0.25, 0.3) is 0 Å². The van der Waals surface area contributed by atoms with Crippen molar-refractivity contribution >= 4 is 35.3 Å². The summed E-state index contributed by atoms with van der Waals surface area (Å²) in [5.41, 5.74) is -0.646. The average molecular weight is 650 g/mol. The zero-order valence-corrected chi connectivity index (χ0v) is 27.8. The first-order valence-corrected chi connectivity index (χ1v) is 15.3. The molecule has 12 nitrogen and oxygen atoms in total. The average Bonchev–Trinajstić information content (AvgIpc) is 3.69. The molecule has 0 spiro atoms. The molecule has 0 aromatic heterocycles. The predicted molar refractivity (Wildman–Crippen MR) is 167 cm³/mol. The van der Waals surface area contributed by atoms with Gasteiger partial charge in [-0.2, -0.15) is 0 Å². The number of fused-ring (bicyclic) bond motifs is 5. The molecule has 4 rings (SSSR count). The lowest BCUT2D eigenvalue weighted by Gasteiger charge is -2.42. The van der Waals surface area contributed by atoms with Crippen LogP contribution in [0.4, 0.5) is 10.5 Å². The van der Waals surface area contributed by atoms with Crippen molar-refractivity contribution in [1.29, 1.82) is 0 Å². The van der Waals surface area contributed by atoms with Crippen LogP contribution in [0.3, 0.4) is 0 Å². The van der Waals surface area contributed by atoms with E-state index in [4.69, 9.17) is 35.3 Å². The summed E-state index contributed by atoms with van der Waals surface area (Å²) in [7, 11) is 6.18. The normalized spacial score (nSPS) is 34.8. The van der Waals surface area contributed by atoms with E-state index in [1.54, 1.807) is 46.2 Å². The molecule has 0 radical (unpaired) electrons. The third kappa shape index (κ3) is 7.30. The molecule has 3 N–H and O–H groups in total. The Labute approximate surface area is 269 Å². The maximum absolute atomic E-state index is 13.8. The van der Waals surface area contributed by atoms with Crippen molar-refractivity contribution in [2.45, 2.75) is 88.7 Å². The van der Waals surface area contributed by atoms with Gasteiger partial charge in [-0.05, 0) is 51.9 Å². The quantitative estimate of drug-likeness (QED) is 0.321. The number of amides is 2.